The Balaban J connectivity index is 1.70. The molecule has 2 aromatic heterocycles. The molecular formula is C20H28N4O3. The number of rotatable bonds is 8. The van der Waals surface area contributed by atoms with E-state index in [0.717, 1.165) is 31.7 Å². The monoisotopic (exact) mass is 372 g/mol. The van der Waals surface area contributed by atoms with Crippen molar-refractivity contribution in [2.24, 2.45) is 5.92 Å². The first-order valence-electron chi connectivity index (χ1n) is 9.29. The zero-order valence-electron chi connectivity index (χ0n) is 16.1. The molecule has 0 saturated heterocycles. The fourth-order valence-electron chi connectivity index (χ4n) is 3.61. The average Bonchev–Trinajstić information content (AvgIpc) is 3.02. The number of carbonyl (C=O) groups is 1. The van der Waals surface area contributed by atoms with Crippen LogP contribution in [0.15, 0.2) is 36.7 Å². The summed E-state index contributed by atoms with van der Waals surface area (Å²) >= 11 is 0. The van der Waals surface area contributed by atoms with Crippen molar-refractivity contribution in [1.82, 2.24) is 19.8 Å². The van der Waals surface area contributed by atoms with Crippen LogP contribution in [-0.2, 0) is 29.2 Å². The molecule has 2 aromatic rings. The number of pyridine rings is 1. The second-order valence-corrected chi connectivity index (χ2v) is 6.91. The van der Waals surface area contributed by atoms with Crippen molar-refractivity contribution in [1.29, 1.82) is 0 Å². The van der Waals surface area contributed by atoms with Crippen LogP contribution in [0.5, 0.6) is 5.88 Å². The van der Waals surface area contributed by atoms with Gasteiger partial charge in [-0.1, -0.05) is 6.07 Å². The molecule has 1 N–H and O–H groups in total. The van der Waals surface area contributed by atoms with E-state index >= 15 is 0 Å². The van der Waals surface area contributed by atoms with Crippen LogP contribution in [0.2, 0.25) is 0 Å². The Morgan fingerprint density at radius 2 is 2.19 bits per heavy atom. The molecule has 0 unspecified atom stereocenters. The molecule has 0 saturated carbocycles. The quantitative estimate of drug-likeness (QED) is 0.714. The van der Waals surface area contributed by atoms with E-state index in [1.807, 2.05) is 12.1 Å². The Hall–Kier alpha value is -2.38. The number of fused-ring (bicyclic) bond motifs is 1. The number of nitrogens with one attached hydrogen (secondary N) is 1. The normalized spacial score (nSPS) is 17.2. The molecule has 146 valence electrons. The first-order chi connectivity index (χ1) is 13.2. The molecule has 3 rings (SSSR count). The van der Waals surface area contributed by atoms with E-state index in [2.05, 4.69) is 38.1 Å². The van der Waals surface area contributed by atoms with Crippen LogP contribution in [0.25, 0.3) is 0 Å². The molecule has 1 aliphatic rings. The highest BCUT2D eigenvalue weighted by Crippen LogP contribution is 2.23. The Morgan fingerprint density at radius 1 is 1.30 bits per heavy atom. The summed E-state index contributed by atoms with van der Waals surface area (Å²) in [6.45, 7) is 4.35. The van der Waals surface area contributed by atoms with E-state index in [0.29, 0.717) is 25.5 Å². The minimum absolute atomic E-state index is 0.0755. The van der Waals surface area contributed by atoms with Gasteiger partial charge in [0.1, 0.15) is 0 Å². The van der Waals surface area contributed by atoms with Crippen molar-refractivity contribution in [3.05, 3.63) is 47.9 Å². The van der Waals surface area contributed by atoms with Gasteiger partial charge in [-0.25, -0.2) is 4.98 Å². The first kappa shape index (κ1) is 19.4. The molecule has 3 heterocycles. The van der Waals surface area contributed by atoms with Gasteiger partial charge >= 0.3 is 0 Å². The Morgan fingerprint density at radius 3 is 3.00 bits per heavy atom. The van der Waals surface area contributed by atoms with E-state index in [9.17, 15) is 4.79 Å². The predicted octanol–water partition coefficient (Wildman–Crippen LogP) is 1.68. The molecular weight excluding hydrogens is 344 g/mol. The smallest absolute Gasteiger partial charge is 0.220 e. The maximum Gasteiger partial charge on any atom is 0.220 e. The van der Waals surface area contributed by atoms with Crippen molar-refractivity contribution in [3.8, 4) is 5.88 Å². The van der Waals surface area contributed by atoms with Crippen LogP contribution >= 0.6 is 0 Å². The van der Waals surface area contributed by atoms with Crippen molar-refractivity contribution in [3.63, 3.8) is 0 Å². The highest BCUT2D eigenvalue weighted by atomic mass is 16.5. The lowest BCUT2D eigenvalue weighted by Crippen LogP contribution is -2.33. The number of aromatic nitrogens is 2. The van der Waals surface area contributed by atoms with E-state index in [1.54, 1.807) is 20.4 Å². The number of methoxy groups -OCH3 is 2. The summed E-state index contributed by atoms with van der Waals surface area (Å²) < 4.78 is 12.7. The van der Waals surface area contributed by atoms with Crippen molar-refractivity contribution in [2.45, 2.75) is 26.1 Å². The number of ether oxygens (including phenoxy) is 2. The molecule has 1 atom stereocenters. The molecule has 7 heteroatoms. The van der Waals surface area contributed by atoms with Crippen molar-refractivity contribution in [2.75, 3.05) is 33.9 Å². The van der Waals surface area contributed by atoms with E-state index in [4.69, 9.17) is 9.47 Å². The lowest BCUT2D eigenvalue weighted by Gasteiger charge is -2.24. The fourth-order valence-corrected chi connectivity index (χ4v) is 3.61. The van der Waals surface area contributed by atoms with Crippen LogP contribution in [0.4, 0.5) is 0 Å². The van der Waals surface area contributed by atoms with Gasteiger partial charge in [-0.3, -0.25) is 9.69 Å². The van der Waals surface area contributed by atoms with Crippen LogP contribution in [0.1, 0.15) is 17.7 Å². The molecule has 27 heavy (non-hydrogen) atoms. The van der Waals surface area contributed by atoms with E-state index < -0.39 is 0 Å². The zero-order chi connectivity index (χ0) is 19.1. The minimum atomic E-state index is 0.0755. The number of hydrogen-bond acceptors (Lipinski definition) is 5. The molecule has 0 fully saturated rings. The molecule has 1 amide bonds. The average molecular weight is 372 g/mol. The van der Waals surface area contributed by atoms with Gasteiger partial charge in [0.05, 0.1) is 13.7 Å². The molecule has 0 aromatic carbocycles. The van der Waals surface area contributed by atoms with Crippen LogP contribution in [0, 0.1) is 5.92 Å². The maximum absolute atomic E-state index is 12.3. The topological polar surface area (TPSA) is 68.6 Å². The second kappa shape index (κ2) is 9.53. The summed E-state index contributed by atoms with van der Waals surface area (Å²) in [5.41, 5.74) is 2.32. The van der Waals surface area contributed by atoms with Crippen LogP contribution in [0.3, 0.4) is 0 Å². The third-order valence-electron chi connectivity index (χ3n) is 4.82. The second-order valence-electron chi connectivity index (χ2n) is 6.91. The number of nitrogens with zero attached hydrogens (tertiary/aromatic N) is 3. The number of hydrogen-bond donors (Lipinski definition) is 1. The van der Waals surface area contributed by atoms with Gasteiger partial charge in [-0.05, 0) is 24.1 Å². The van der Waals surface area contributed by atoms with E-state index in [-0.39, 0.29) is 11.8 Å². The third kappa shape index (κ3) is 5.30. The Labute approximate surface area is 160 Å². The Bertz CT molecular complexity index is 746. The zero-order valence-corrected chi connectivity index (χ0v) is 16.1. The summed E-state index contributed by atoms with van der Waals surface area (Å²) in [7, 11) is 3.28. The first-order valence-corrected chi connectivity index (χ1v) is 9.29. The molecule has 0 radical (unpaired) electrons. The molecule has 0 bridgehead atoms. The molecule has 1 aliphatic heterocycles. The lowest BCUT2D eigenvalue weighted by atomic mass is 10.0. The summed E-state index contributed by atoms with van der Waals surface area (Å²) in [6.07, 6.45) is 4.34. The fraction of sp³-hybridized carbons (Fsp3) is 0.500. The summed E-state index contributed by atoms with van der Waals surface area (Å²) in [6, 6.07) is 8.19. The van der Waals surface area contributed by atoms with Crippen molar-refractivity contribution >= 4 is 5.91 Å². The van der Waals surface area contributed by atoms with Gasteiger partial charge in [0.25, 0.3) is 0 Å². The van der Waals surface area contributed by atoms with Gasteiger partial charge in [0.2, 0.25) is 11.8 Å². The molecule has 0 spiro atoms. The van der Waals surface area contributed by atoms with Gasteiger partial charge in [0.15, 0.2) is 0 Å². The molecule has 7 nitrogen and oxygen atoms in total. The van der Waals surface area contributed by atoms with Gasteiger partial charge in [0, 0.05) is 69.9 Å². The van der Waals surface area contributed by atoms with Gasteiger partial charge in [-0.15, -0.1) is 0 Å². The van der Waals surface area contributed by atoms with Gasteiger partial charge < -0.3 is 19.4 Å². The third-order valence-corrected chi connectivity index (χ3v) is 4.82. The summed E-state index contributed by atoms with van der Waals surface area (Å²) in [5, 5.41) is 2.93. The summed E-state index contributed by atoms with van der Waals surface area (Å²) in [5.74, 6) is 0.974. The SMILES string of the molecule is COCCNC(=O)C[C@H]1CN(Cc2cccnc2OC)Cc2cccn2C1. The Kier molecular flexibility index (Phi) is 6.84. The lowest BCUT2D eigenvalue weighted by molar-refractivity contribution is -0.122. The minimum Gasteiger partial charge on any atom is -0.481 e. The number of amides is 1. The number of carbonyl (C=O) groups excluding carboxylic acids is 1. The van der Waals surface area contributed by atoms with Crippen molar-refractivity contribution < 1.29 is 14.3 Å². The van der Waals surface area contributed by atoms with E-state index in [1.165, 1.54) is 5.69 Å². The predicted molar refractivity (Wildman–Crippen MR) is 102 cm³/mol. The van der Waals surface area contributed by atoms with Crippen LogP contribution < -0.4 is 10.1 Å². The highest BCUT2D eigenvalue weighted by Gasteiger charge is 2.24. The highest BCUT2D eigenvalue weighted by molar-refractivity contribution is 5.76. The molecule has 0 aliphatic carbocycles. The van der Waals surface area contributed by atoms with Crippen LogP contribution in [-0.4, -0.2) is 54.3 Å². The standard InChI is InChI=1S/C20H28N4O3/c1-26-10-8-21-19(25)11-16-12-23(15-18-6-4-9-24(18)13-16)14-17-5-3-7-22-20(17)27-2/h3-7,9,16H,8,10-15H2,1-2H3,(H,21,25)/t16-/m0/s1. The largest absolute Gasteiger partial charge is 0.481 e. The van der Waals surface area contributed by atoms with Gasteiger partial charge in [-0.2, -0.15) is 0 Å². The maximum atomic E-state index is 12.3. The summed E-state index contributed by atoms with van der Waals surface area (Å²) in [4.78, 5) is 19.0.